The molecule has 0 saturated carbocycles. The maximum Gasteiger partial charge on any atom is 0.258 e. The molecule has 0 unspecified atom stereocenters. The molecule has 1 heterocycles. The van der Waals surface area contributed by atoms with Crippen LogP contribution in [0.25, 0.3) is 0 Å². The lowest BCUT2D eigenvalue weighted by molar-refractivity contribution is 0.0976. The smallest absolute Gasteiger partial charge is 0.258 e. The zero-order valence-corrected chi connectivity index (χ0v) is 13.6. The van der Waals surface area contributed by atoms with E-state index < -0.39 is 9.84 Å². The molecule has 1 fully saturated rings. The van der Waals surface area contributed by atoms with Gasteiger partial charge in [-0.25, -0.2) is 8.42 Å². The highest BCUT2D eigenvalue weighted by Crippen LogP contribution is 2.15. The molecule has 1 aromatic carbocycles. The van der Waals surface area contributed by atoms with E-state index in [0.717, 1.165) is 0 Å². The molecule has 2 N–H and O–H groups in total. The van der Waals surface area contributed by atoms with E-state index >= 15 is 0 Å². The highest BCUT2D eigenvalue weighted by Gasteiger charge is 2.28. The SMILES string of the molecule is O=C(NC(=S)N[C@H]1CCS(=O)(=O)C1)c1ccccc1Br. The first-order valence-corrected chi connectivity index (χ1v) is 8.96. The molecule has 0 spiro atoms. The van der Waals surface area contributed by atoms with Gasteiger partial charge in [0.15, 0.2) is 14.9 Å². The van der Waals surface area contributed by atoms with Crippen LogP contribution in [0, 0.1) is 0 Å². The predicted octanol–water partition coefficient (Wildman–Crippen LogP) is 1.24. The molecular formula is C12H13BrN2O3S2. The summed E-state index contributed by atoms with van der Waals surface area (Å²) in [5, 5.41) is 5.55. The lowest BCUT2D eigenvalue weighted by Crippen LogP contribution is -2.44. The third kappa shape index (κ3) is 4.00. The molecule has 108 valence electrons. The number of nitrogens with one attached hydrogen (secondary N) is 2. The zero-order valence-electron chi connectivity index (χ0n) is 10.4. The molecule has 1 aromatic rings. The van der Waals surface area contributed by atoms with E-state index in [2.05, 4.69) is 26.6 Å². The van der Waals surface area contributed by atoms with Gasteiger partial charge in [0.25, 0.3) is 5.91 Å². The van der Waals surface area contributed by atoms with E-state index in [1.165, 1.54) is 0 Å². The van der Waals surface area contributed by atoms with Crippen LogP contribution < -0.4 is 10.6 Å². The monoisotopic (exact) mass is 376 g/mol. The standard InChI is InChI=1S/C12H13BrN2O3S2/c13-10-4-2-1-3-9(10)11(16)15-12(19)14-8-5-6-20(17,18)7-8/h1-4,8H,5-7H2,(H2,14,15,16,19)/t8-/m0/s1. The minimum Gasteiger partial charge on any atom is -0.359 e. The lowest BCUT2D eigenvalue weighted by atomic mass is 10.2. The Hall–Kier alpha value is -0.990. The highest BCUT2D eigenvalue weighted by molar-refractivity contribution is 9.10. The molecule has 0 aromatic heterocycles. The Bertz CT molecular complexity index is 646. The molecule has 1 aliphatic heterocycles. The van der Waals surface area contributed by atoms with E-state index in [1.807, 2.05) is 0 Å². The Morgan fingerprint density at radius 1 is 1.35 bits per heavy atom. The predicted molar refractivity (Wildman–Crippen MR) is 84.4 cm³/mol. The molecule has 1 aliphatic rings. The molecule has 0 bridgehead atoms. The maximum absolute atomic E-state index is 12.0. The number of halogens is 1. The Kier molecular flexibility index (Phi) is 4.77. The van der Waals surface area contributed by atoms with Crippen LogP contribution in [0.15, 0.2) is 28.7 Å². The van der Waals surface area contributed by atoms with Gasteiger partial charge in [0, 0.05) is 10.5 Å². The van der Waals surface area contributed by atoms with Gasteiger partial charge in [0.1, 0.15) is 0 Å². The van der Waals surface area contributed by atoms with Crippen molar-refractivity contribution in [1.82, 2.24) is 10.6 Å². The van der Waals surface area contributed by atoms with Crippen LogP contribution in [0.3, 0.4) is 0 Å². The summed E-state index contributed by atoms with van der Waals surface area (Å²) in [5.41, 5.74) is 0.468. The molecule has 8 heteroatoms. The van der Waals surface area contributed by atoms with Gasteiger partial charge in [-0.2, -0.15) is 0 Å². The summed E-state index contributed by atoms with van der Waals surface area (Å²) in [4.78, 5) is 12.0. The molecule has 5 nitrogen and oxygen atoms in total. The topological polar surface area (TPSA) is 75.3 Å². The van der Waals surface area contributed by atoms with Crippen molar-refractivity contribution in [2.24, 2.45) is 0 Å². The summed E-state index contributed by atoms with van der Waals surface area (Å²) < 4.78 is 23.3. The van der Waals surface area contributed by atoms with Crippen LogP contribution in [0.4, 0.5) is 0 Å². The van der Waals surface area contributed by atoms with Gasteiger partial charge in [-0.3, -0.25) is 10.1 Å². The van der Waals surface area contributed by atoms with Gasteiger partial charge in [-0.15, -0.1) is 0 Å². The highest BCUT2D eigenvalue weighted by atomic mass is 79.9. The third-order valence-electron chi connectivity index (χ3n) is 2.91. The largest absolute Gasteiger partial charge is 0.359 e. The number of hydrogen-bond acceptors (Lipinski definition) is 4. The Morgan fingerprint density at radius 3 is 2.65 bits per heavy atom. The second-order valence-electron chi connectivity index (χ2n) is 4.51. The number of amides is 1. The summed E-state index contributed by atoms with van der Waals surface area (Å²) in [6, 6.07) is 6.75. The molecular weight excluding hydrogens is 364 g/mol. The first-order valence-electron chi connectivity index (χ1n) is 5.94. The van der Waals surface area contributed by atoms with Gasteiger partial charge in [-0.05, 0) is 46.7 Å². The van der Waals surface area contributed by atoms with Crippen molar-refractivity contribution in [1.29, 1.82) is 0 Å². The fourth-order valence-corrected chi connectivity index (χ4v) is 4.34. The fourth-order valence-electron chi connectivity index (χ4n) is 1.95. The first kappa shape index (κ1) is 15.4. The van der Waals surface area contributed by atoms with Crippen molar-refractivity contribution < 1.29 is 13.2 Å². The van der Waals surface area contributed by atoms with Crippen LogP contribution in [0.1, 0.15) is 16.8 Å². The Balaban J connectivity index is 1.92. The van der Waals surface area contributed by atoms with Crippen LogP contribution in [-0.4, -0.2) is 37.0 Å². The minimum absolute atomic E-state index is 0.0536. The Morgan fingerprint density at radius 2 is 2.05 bits per heavy atom. The van der Waals surface area contributed by atoms with E-state index in [9.17, 15) is 13.2 Å². The summed E-state index contributed by atoms with van der Waals surface area (Å²) >= 11 is 8.32. The number of carbonyl (C=O) groups excluding carboxylic acids is 1. The molecule has 1 amide bonds. The molecule has 20 heavy (non-hydrogen) atoms. The van der Waals surface area contributed by atoms with Crippen LogP contribution in [-0.2, 0) is 9.84 Å². The van der Waals surface area contributed by atoms with Gasteiger partial charge < -0.3 is 5.32 Å². The van der Waals surface area contributed by atoms with E-state index in [4.69, 9.17) is 12.2 Å². The summed E-state index contributed by atoms with van der Waals surface area (Å²) in [6.45, 7) is 0. The van der Waals surface area contributed by atoms with Crippen molar-refractivity contribution in [2.75, 3.05) is 11.5 Å². The van der Waals surface area contributed by atoms with Crippen molar-refractivity contribution in [2.45, 2.75) is 12.5 Å². The van der Waals surface area contributed by atoms with Gasteiger partial charge >= 0.3 is 0 Å². The number of rotatable bonds is 2. The molecule has 1 saturated heterocycles. The molecule has 0 aliphatic carbocycles. The number of benzene rings is 1. The van der Waals surface area contributed by atoms with Crippen LogP contribution in [0.2, 0.25) is 0 Å². The molecule has 1 atom stereocenters. The van der Waals surface area contributed by atoms with E-state index in [-0.39, 0.29) is 28.6 Å². The quantitative estimate of drug-likeness (QED) is 0.759. The van der Waals surface area contributed by atoms with Crippen LogP contribution in [0.5, 0.6) is 0 Å². The van der Waals surface area contributed by atoms with Crippen LogP contribution >= 0.6 is 28.1 Å². The molecule has 0 radical (unpaired) electrons. The van der Waals surface area contributed by atoms with Crippen molar-refractivity contribution >= 4 is 49.0 Å². The fraction of sp³-hybridized carbons (Fsp3) is 0.333. The number of carbonyl (C=O) groups is 1. The summed E-state index contributed by atoms with van der Waals surface area (Å²) in [7, 11) is -2.97. The second kappa shape index (κ2) is 6.19. The van der Waals surface area contributed by atoms with Crippen molar-refractivity contribution in [3.05, 3.63) is 34.3 Å². The Labute approximate surface area is 131 Å². The zero-order chi connectivity index (χ0) is 14.8. The summed E-state index contributed by atoms with van der Waals surface area (Å²) in [6.07, 6.45) is 0.507. The summed E-state index contributed by atoms with van der Waals surface area (Å²) in [5.74, 6) is -0.125. The number of sulfone groups is 1. The lowest BCUT2D eigenvalue weighted by Gasteiger charge is -2.14. The molecule has 2 rings (SSSR count). The van der Waals surface area contributed by atoms with Crippen molar-refractivity contribution in [3.8, 4) is 0 Å². The van der Waals surface area contributed by atoms with Gasteiger partial charge in [0.05, 0.1) is 17.1 Å². The second-order valence-corrected chi connectivity index (χ2v) is 8.00. The minimum atomic E-state index is -2.97. The average Bonchev–Trinajstić information content (AvgIpc) is 2.68. The first-order chi connectivity index (χ1) is 9.37. The van der Waals surface area contributed by atoms with Gasteiger partial charge in [-0.1, -0.05) is 12.1 Å². The average molecular weight is 377 g/mol. The van der Waals surface area contributed by atoms with Crippen molar-refractivity contribution in [3.63, 3.8) is 0 Å². The third-order valence-corrected chi connectivity index (χ3v) is 5.59. The van der Waals surface area contributed by atoms with E-state index in [1.54, 1.807) is 24.3 Å². The van der Waals surface area contributed by atoms with Gasteiger partial charge in [0.2, 0.25) is 0 Å². The maximum atomic E-state index is 12.0. The van der Waals surface area contributed by atoms with E-state index in [0.29, 0.717) is 16.5 Å². The number of thiocarbonyl (C=S) groups is 1. The number of hydrogen-bond donors (Lipinski definition) is 2. The normalized spacial score (nSPS) is 20.4.